The molecule has 0 fully saturated rings. The number of carbonyl (C=O) groups is 1. The Morgan fingerprint density at radius 2 is 2.07 bits per heavy atom. The number of anilines is 1. The molecule has 140 valence electrons. The number of likely N-dealkylation sites (N-methyl/N-ethyl adjacent to an activating group) is 1. The molecule has 1 amide bonds. The number of carbonyl (C=O) groups excluding carboxylic acids is 1. The first kappa shape index (κ1) is 18.9. The summed E-state index contributed by atoms with van der Waals surface area (Å²) in [6.07, 6.45) is 1.48. The monoisotopic (exact) mass is 387 g/mol. The molecule has 1 aromatic heterocycles. The van der Waals surface area contributed by atoms with Crippen molar-refractivity contribution in [3.63, 3.8) is 0 Å². The average Bonchev–Trinajstić information content (AvgIpc) is 2.66. The number of halogens is 2. The van der Waals surface area contributed by atoms with Crippen LogP contribution in [0.4, 0.5) is 10.1 Å². The zero-order chi connectivity index (χ0) is 19.4. The first-order valence-corrected chi connectivity index (χ1v) is 8.72. The highest BCUT2D eigenvalue weighted by atomic mass is 35.5. The standard InChI is InChI=1S/C20H19ClFN3O2/c1-25(2)18(26)12-27-14-5-3-4-13(10-14)11-24-17-7-6-15-16(21)8-9-23-20(15)19(17)22/h3-10,24H,11-12H2,1-2H3. The van der Waals surface area contributed by atoms with E-state index in [1.165, 1.54) is 11.1 Å². The van der Waals surface area contributed by atoms with Gasteiger partial charge in [0.25, 0.3) is 5.91 Å². The zero-order valence-corrected chi connectivity index (χ0v) is 15.8. The normalized spacial score (nSPS) is 10.7. The molecule has 0 saturated carbocycles. The number of nitrogens with one attached hydrogen (secondary N) is 1. The minimum Gasteiger partial charge on any atom is -0.484 e. The van der Waals surface area contributed by atoms with Crippen LogP contribution in [0, 0.1) is 5.82 Å². The van der Waals surface area contributed by atoms with E-state index in [9.17, 15) is 9.18 Å². The molecule has 0 bridgehead atoms. The van der Waals surface area contributed by atoms with E-state index in [0.29, 0.717) is 28.4 Å². The highest BCUT2D eigenvalue weighted by Crippen LogP contribution is 2.28. The number of fused-ring (bicyclic) bond motifs is 1. The van der Waals surface area contributed by atoms with Gasteiger partial charge in [0, 0.05) is 32.2 Å². The molecule has 7 heteroatoms. The van der Waals surface area contributed by atoms with Gasteiger partial charge in [0.1, 0.15) is 11.3 Å². The van der Waals surface area contributed by atoms with E-state index in [1.807, 2.05) is 18.2 Å². The number of ether oxygens (including phenoxy) is 1. The van der Waals surface area contributed by atoms with Crippen molar-refractivity contribution in [2.75, 3.05) is 26.0 Å². The quantitative estimate of drug-likeness (QED) is 0.691. The second-order valence-corrected chi connectivity index (χ2v) is 6.60. The number of pyridine rings is 1. The van der Waals surface area contributed by atoms with E-state index in [2.05, 4.69) is 10.3 Å². The van der Waals surface area contributed by atoms with Gasteiger partial charge < -0.3 is 15.0 Å². The number of rotatable bonds is 6. The van der Waals surface area contributed by atoms with E-state index in [1.54, 1.807) is 38.4 Å². The van der Waals surface area contributed by atoms with Crippen LogP contribution in [0.25, 0.3) is 10.9 Å². The third-order valence-corrected chi connectivity index (χ3v) is 4.37. The van der Waals surface area contributed by atoms with E-state index in [0.717, 1.165) is 5.56 Å². The molecule has 0 saturated heterocycles. The van der Waals surface area contributed by atoms with Crippen LogP contribution in [0.5, 0.6) is 5.75 Å². The molecular formula is C20H19ClFN3O2. The topological polar surface area (TPSA) is 54.5 Å². The number of benzene rings is 2. The zero-order valence-electron chi connectivity index (χ0n) is 15.0. The summed E-state index contributed by atoms with van der Waals surface area (Å²) in [6, 6.07) is 12.3. The Morgan fingerprint density at radius 1 is 1.26 bits per heavy atom. The lowest BCUT2D eigenvalue weighted by atomic mass is 10.1. The van der Waals surface area contributed by atoms with Crippen molar-refractivity contribution in [3.8, 4) is 5.75 Å². The lowest BCUT2D eigenvalue weighted by Crippen LogP contribution is -2.27. The van der Waals surface area contributed by atoms with E-state index < -0.39 is 5.82 Å². The Bertz CT molecular complexity index is 979. The lowest BCUT2D eigenvalue weighted by Gasteiger charge is -2.13. The van der Waals surface area contributed by atoms with Gasteiger partial charge in [-0.05, 0) is 35.9 Å². The van der Waals surface area contributed by atoms with Crippen molar-refractivity contribution in [1.82, 2.24) is 9.88 Å². The summed E-state index contributed by atoms with van der Waals surface area (Å²) >= 11 is 6.08. The van der Waals surface area contributed by atoms with Crippen LogP contribution >= 0.6 is 11.6 Å². The van der Waals surface area contributed by atoms with Gasteiger partial charge in [0.2, 0.25) is 0 Å². The second kappa shape index (κ2) is 8.22. The molecule has 0 atom stereocenters. The predicted octanol–water partition coefficient (Wildman–Crippen LogP) is 4.11. The van der Waals surface area contributed by atoms with Gasteiger partial charge in [0.05, 0.1) is 10.7 Å². The first-order valence-electron chi connectivity index (χ1n) is 8.34. The Morgan fingerprint density at radius 3 is 2.85 bits per heavy atom. The molecule has 3 rings (SSSR count). The van der Waals surface area contributed by atoms with Crippen molar-refractivity contribution >= 4 is 34.1 Å². The summed E-state index contributed by atoms with van der Waals surface area (Å²) < 4.78 is 20.2. The molecule has 27 heavy (non-hydrogen) atoms. The summed E-state index contributed by atoms with van der Waals surface area (Å²) in [5, 5.41) is 4.10. The smallest absolute Gasteiger partial charge is 0.259 e. The third-order valence-electron chi connectivity index (χ3n) is 4.04. The summed E-state index contributed by atoms with van der Waals surface area (Å²) in [5.74, 6) is 0.0128. The Kier molecular flexibility index (Phi) is 5.76. The molecule has 0 aliphatic carbocycles. The predicted molar refractivity (Wildman–Crippen MR) is 105 cm³/mol. The van der Waals surface area contributed by atoms with Gasteiger partial charge in [-0.1, -0.05) is 23.7 Å². The minimum atomic E-state index is -0.445. The minimum absolute atomic E-state index is 0.0321. The number of hydrogen-bond donors (Lipinski definition) is 1. The lowest BCUT2D eigenvalue weighted by molar-refractivity contribution is -0.130. The Labute approximate surface area is 161 Å². The fraction of sp³-hybridized carbons (Fsp3) is 0.200. The molecule has 0 radical (unpaired) electrons. The maximum atomic E-state index is 14.7. The number of nitrogens with zero attached hydrogens (tertiary/aromatic N) is 2. The Balaban J connectivity index is 1.70. The van der Waals surface area contributed by atoms with Gasteiger partial charge in [-0.2, -0.15) is 0 Å². The molecule has 0 unspecified atom stereocenters. The van der Waals surface area contributed by atoms with Crippen LogP contribution < -0.4 is 10.1 Å². The van der Waals surface area contributed by atoms with Gasteiger partial charge in [-0.3, -0.25) is 9.78 Å². The summed E-state index contributed by atoms with van der Waals surface area (Å²) in [5.41, 5.74) is 1.46. The van der Waals surface area contributed by atoms with Gasteiger partial charge in [-0.15, -0.1) is 0 Å². The SMILES string of the molecule is CN(C)C(=O)COc1cccc(CNc2ccc3c(Cl)ccnc3c2F)c1. The third kappa shape index (κ3) is 4.46. The molecule has 0 aliphatic rings. The van der Waals surface area contributed by atoms with Crippen LogP contribution in [0.1, 0.15) is 5.56 Å². The van der Waals surface area contributed by atoms with Crippen LogP contribution in [-0.2, 0) is 11.3 Å². The average molecular weight is 388 g/mol. The fourth-order valence-electron chi connectivity index (χ4n) is 2.50. The molecule has 2 aromatic carbocycles. The number of aromatic nitrogens is 1. The molecule has 0 aliphatic heterocycles. The largest absolute Gasteiger partial charge is 0.484 e. The van der Waals surface area contributed by atoms with E-state index >= 15 is 0 Å². The van der Waals surface area contributed by atoms with Crippen LogP contribution in [-0.4, -0.2) is 36.5 Å². The highest BCUT2D eigenvalue weighted by Gasteiger charge is 2.11. The van der Waals surface area contributed by atoms with Gasteiger partial charge in [0.15, 0.2) is 12.4 Å². The van der Waals surface area contributed by atoms with Crippen molar-refractivity contribution in [2.45, 2.75) is 6.54 Å². The molecular weight excluding hydrogens is 369 g/mol. The van der Waals surface area contributed by atoms with E-state index in [4.69, 9.17) is 16.3 Å². The van der Waals surface area contributed by atoms with Gasteiger partial charge in [-0.25, -0.2) is 4.39 Å². The summed E-state index contributed by atoms with van der Waals surface area (Å²) in [6.45, 7) is 0.359. The van der Waals surface area contributed by atoms with Gasteiger partial charge >= 0.3 is 0 Å². The molecule has 5 nitrogen and oxygen atoms in total. The van der Waals surface area contributed by atoms with Crippen molar-refractivity contribution in [3.05, 3.63) is 65.1 Å². The van der Waals surface area contributed by atoms with Crippen molar-refractivity contribution in [1.29, 1.82) is 0 Å². The molecule has 3 aromatic rings. The first-order chi connectivity index (χ1) is 13.0. The van der Waals surface area contributed by atoms with E-state index in [-0.39, 0.29) is 18.0 Å². The van der Waals surface area contributed by atoms with Crippen molar-refractivity contribution in [2.24, 2.45) is 0 Å². The number of amides is 1. The highest BCUT2D eigenvalue weighted by molar-refractivity contribution is 6.35. The van der Waals surface area contributed by atoms with Crippen LogP contribution in [0.15, 0.2) is 48.7 Å². The van der Waals surface area contributed by atoms with Crippen LogP contribution in [0.2, 0.25) is 5.02 Å². The summed E-state index contributed by atoms with van der Waals surface area (Å²) in [4.78, 5) is 17.1. The van der Waals surface area contributed by atoms with Crippen LogP contribution in [0.3, 0.4) is 0 Å². The maximum Gasteiger partial charge on any atom is 0.259 e. The Hall–Kier alpha value is -2.86. The summed E-state index contributed by atoms with van der Waals surface area (Å²) in [7, 11) is 3.35. The molecule has 1 heterocycles. The molecule has 1 N–H and O–H groups in total. The fourth-order valence-corrected chi connectivity index (χ4v) is 2.71. The van der Waals surface area contributed by atoms with Crippen molar-refractivity contribution < 1.29 is 13.9 Å². The second-order valence-electron chi connectivity index (χ2n) is 6.19. The maximum absolute atomic E-state index is 14.7. The number of hydrogen-bond acceptors (Lipinski definition) is 4. The molecule has 0 spiro atoms.